The summed E-state index contributed by atoms with van der Waals surface area (Å²) in [5, 5.41) is 20.8. The highest BCUT2D eigenvalue weighted by molar-refractivity contribution is 5.92. The van der Waals surface area contributed by atoms with Gasteiger partial charge in [-0.1, -0.05) is 6.07 Å². The molecule has 7 heteroatoms. The molecule has 2 amide bonds. The minimum Gasteiger partial charge on any atom is -0.508 e. The highest BCUT2D eigenvalue weighted by Gasteiger charge is 2.17. The summed E-state index contributed by atoms with van der Waals surface area (Å²) in [4.78, 5) is 24.2. The first-order chi connectivity index (χ1) is 9.97. The molecule has 1 aromatic carbocycles. The summed E-state index contributed by atoms with van der Waals surface area (Å²) in [6.07, 6.45) is -0.774. The second-order valence-corrected chi connectivity index (χ2v) is 4.41. The Bertz CT molecular complexity index is 492. The van der Waals surface area contributed by atoms with Crippen LogP contribution in [0.2, 0.25) is 0 Å². The number of carboxylic acids is 1. The SMILES string of the molecule is CCN(C(=O)NCC(CC(=O)O)OC)c1cccc(O)c1. The zero-order valence-corrected chi connectivity index (χ0v) is 12.1. The van der Waals surface area contributed by atoms with E-state index in [1.165, 1.54) is 24.1 Å². The maximum Gasteiger partial charge on any atom is 0.321 e. The van der Waals surface area contributed by atoms with Crippen LogP contribution in [0.3, 0.4) is 0 Å². The Morgan fingerprint density at radius 2 is 2.14 bits per heavy atom. The van der Waals surface area contributed by atoms with Crippen molar-refractivity contribution in [3.05, 3.63) is 24.3 Å². The Morgan fingerprint density at radius 3 is 2.67 bits per heavy atom. The normalized spacial score (nSPS) is 11.7. The minimum atomic E-state index is -0.989. The van der Waals surface area contributed by atoms with Crippen LogP contribution in [0.4, 0.5) is 10.5 Å². The second-order valence-electron chi connectivity index (χ2n) is 4.41. The van der Waals surface area contributed by atoms with E-state index < -0.39 is 12.1 Å². The number of nitrogens with zero attached hydrogens (tertiary/aromatic N) is 1. The van der Waals surface area contributed by atoms with Crippen LogP contribution in [0.25, 0.3) is 0 Å². The van der Waals surface area contributed by atoms with Gasteiger partial charge in [-0.05, 0) is 19.1 Å². The van der Waals surface area contributed by atoms with Crippen LogP contribution in [-0.2, 0) is 9.53 Å². The van der Waals surface area contributed by atoms with E-state index in [0.29, 0.717) is 12.2 Å². The lowest BCUT2D eigenvalue weighted by molar-refractivity contribution is -0.139. The number of phenols is 1. The van der Waals surface area contributed by atoms with Crippen LogP contribution in [0.5, 0.6) is 5.75 Å². The zero-order valence-electron chi connectivity index (χ0n) is 12.1. The number of ether oxygens (including phenoxy) is 1. The maximum absolute atomic E-state index is 12.1. The van der Waals surface area contributed by atoms with Crippen LogP contribution in [0, 0.1) is 0 Å². The van der Waals surface area contributed by atoms with Gasteiger partial charge in [0.1, 0.15) is 5.75 Å². The summed E-state index contributed by atoms with van der Waals surface area (Å²) < 4.78 is 5.00. The van der Waals surface area contributed by atoms with Gasteiger partial charge < -0.3 is 20.3 Å². The first kappa shape index (κ1) is 16.8. The molecule has 3 N–H and O–H groups in total. The van der Waals surface area contributed by atoms with Gasteiger partial charge in [-0.25, -0.2) is 4.79 Å². The van der Waals surface area contributed by atoms with Crippen molar-refractivity contribution in [3.8, 4) is 5.75 Å². The third-order valence-corrected chi connectivity index (χ3v) is 2.92. The summed E-state index contributed by atoms with van der Waals surface area (Å²) in [5.74, 6) is -0.921. The molecule has 0 aliphatic carbocycles. The zero-order chi connectivity index (χ0) is 15.8. The standard InChI is InChI=1S/C14H20N2O5/c1-3-16(10-5-4-6-11(17)7-10)14(20)15-9-12(21-2)8-13(18)19/h4-7,12,17H,3,8-9H2,1-2H3,(H,15,20)(H,18,19). The maximum atomic E-state index is 12.1. The summed E-state index contributed by atoms with van der Waals surface area (Å²) in [7, 11) is 1.40. The lowest BCUT2D eigenvalue weighted by atomic mass is 10.2. The van der Waals surface area contributed by atoms with Gasteiger partial charge in [0, 0.05) is 32.0 Å². The van der Waals surface area contributed by atoms with E-state index in [-0.39, 0.29) is 24.7 Å². The molecular formula is C14H20N2O5. The van der Waals surface area contributed by atoms with Crippen molar-refractivity contribution in [3.63, 3.8) is 0 Å². The molecule has 0 spiro atoms. The van der Waals surface area contributed by atoms with Crippen molar-refractivity contribution in [2.45, 2.75) is 19.4 Å². The molecule has 0 saturated carbocycles. The Hall–Kier alpha value is -2.28. The van der Waals surface area contributed by atoms with Crippen LogP contribution in [-0.4, -0.2) is 48.5 Å². The van der Waals surface area contributed by atoms with Crippen molar-refractivity contribution in [1.82, 2.24) is 5.32 Å². The number of methoxy groups -OCH3 is 1. The number of urea groups is 1. The van der Waals surface area contributed by atoms with Gasteiger partial charge in [0.15, 0.2) is 0 Å². The van der Waals surface area contributed by atoms with E-state index >= 15 is 0 Å². The number of rotatable bonds is 7. The number of aliphatic carboxylic acids is 1. The van der Waals surface area contributed by atoms with Crippen molar-refractivity contribution >= 4 is 17.7 Å². The molecule has 7 nitrogen and oxygen atoms in total. The number of carboxylic acid groups (broad SMARTS) is 1. The van der Waals surface area contributed by atoms with Gasteiger partial charge in [-0.3, -0.25) is 9.69 Å². The van der Waals surface area contributed by atoms with Gasteiger partial charge in [0.25, 0.3) is 0 Å². The molecule has 0 bridgehead atoms. The van der Waals surface area contributed by atoms with Gasteiger partial charge in [-0.2, -0.15) is 0 Å². The molecule has 116 valence electrons. The number of hydrogen-bond acceptors (Lipinski definition) is 4. The van der Waals surface area contributed by atoms with Crippen molar-refractivity contribution in [2.24, 2.45) is 0 Å². The third-order valence-electron chi connectivity index (χ3n) is 2.92. The smallest absolute Gasteiger partial charge is 0.321 e. The van der Waals surface area contributed by atoms with Crippen LogP contribution in [0.1, 0.15) is 13.3 Å². The number of anilines is 1. The average molecular weight is 296 g/mol. The number of benzene rings is 1. The van der Waals surface area contributed by atoms with Gasteiger partial charge in [0.2, 0.25) is 0 Å². The Morgan fingerprint density at radius 1 is 1.43 bits per heavy atom. The number of hydrogen-bond donors (Lipinski definition) is 3. The lowest BCUT2D eigenvalue weighted by Gasteiger charge is -2.23. The Labute approximate surface area is 123 Å². The Balaban J connectivity index is 2.65. The molecule has 0 aliphatic heterocycles. The Kier molecular flexibility index (Phi) is 6.48. The second kappa shape index (κ2) is 8.11. The van der Waals surface area contributed by atoms with Crippen LogP contribution < -0.4 is 10.2 Å². The number of phenolic OH excluding ortho intramolecular Hbond substituents is 1. The molecule has 1 rings (SSSR count). The van der Waals surface area contributed by atoms with Crippen LogP contribution in [0.15, 0.2) is 24.3 Å². The fraction of sp³-hybridized carbons (Fsp3) is 0.429. The molecule has 1 unspecified atom stereocenters. The predicted octanol–water partition coefficient (Wildman–Crippen LogP) is 1.42. The molecule has 0 fully saturated rings. The lowest BCUT2D eigenvalue weighted by Crippen LogP contribution is -2.43. The van der Waals surface area contributed by atoms with E-state index in [4.69, 9.17) is 9.84 Å². The molecule has 21 heavy (non-hydrogen) atoms. The van der Waals surface area contributed by atoms with Crippen molar-refractivity contribution in [1.29, 1.82) is 0 Å². The number of nitrogens with one attached hydrogen (secondary N) is 1. The van der Waals surface area contributed by atoms with E-state index in [0.717, 1.165) is 0 Å². The molecule has 0 radical (unpaired) electrons. The average Bonchev–Trinajstić information content (AvgIpc) is 2.44. The first-order valence-corrected chi connectivity index (χ1v) is 6.56. The number of carbonyl (C=O) groups excluding carboxylic acids is 1. The van der Waals surface area contributed by atoms with E-state index in [2.05, 4.69) is 5.32 Å². The largest absolute Gasteiger partial charge is 0.508 e. The monoisotopic (exact) mass is 296 g/mol. The van der Waals surface area contributed by atoms with Crippen molar-refractivity contribution in [2.75, 3.05) is 25.1 Å². The summed E-state index contributed by atoms with van der Waals surface area (Å²) in [6, 6.07) is 5.96. The summed E-state index contributed by atoms with van der Waals surface area (Å²) in [5.41, 5.74) is 0.558. The quantitative estimate of drug-likeness (QED) is 0.706. The topological polar surface area (TPSA) is 99.1 Å². The summed E-state index contributed by atoms with van der Waals surface area (Å²) in [6.45, 7) is 2.30. The van der Waals surface area contributed by atoms with E-state index in [9.17, 15) is 14.7 Å². The minimum absolute atomic E-state index is 0.0689. The summed E-state index contributed by atoms with van der Waals surface area (Å²) >= 11 is 0. The number of carbonyl (C=O) groups is 2. The fourth-order valence-electron chi connectivity index (χ4n) is 1.83. The first-order valence-electron chi connectivity index (χ1n) is 6.56. The van der Waals surface area contributed by atoms with E-state index in [1.807, 2.05) is 0 Å². The molecule has 0 aromatic heterocycles. The fourth-order valence-corrected chi connectivity index (χ4v) is 1.83. The highest BCUT2D eigenvalue weighted by Crippen LogP contribution is 2.19. The number of aromatic hydroxyl groups is 1. The molecule has 1 atom stereocenters. The highest BCUT2D eigenvalue weighted by atomic mass is 16.5. The third kappa shape index (κ3) is 5.31. The molecule has 0 heterocycles. The molecule has 0 saturated heterocycles. The molecular weight excluding hydrogens is 276 g/mol. The molecule has 0 aliphatic rings. The number of amides is 2. The van der Waals surface area contributed by atoms with Crippen molar-refractivity contribution < 1.29 is 24.5 Å². The van der Waals surface area contributed by atoms with Gasteiger partial charge in [0.05, 0.1) is 12.5 Å². The van der Waals surface area contributed by atoms with Gasteiger partial charge in [-0.15, -0.1) is 0 Å². The molecule has 1 aromatic rings. The predicted molar refractivity (Wildman–Crippen MR) is 77.6 cm³/mol. The van der Waals surface area contributed by atoms with E-state index in [1.54, 1.807) is 19.1 Å². The van der Waals surface area contributed by atoms with Crippen LogP contribution >= 0.6 is 0 Å². The van der Waals surface area contributed by atoms with Gasteiger partial charge >= 0.3 is 12.0 Å².